The Kier molecular flexibility index (Phi) is 8.91. The summed E-state index contributed by atoms with van der Waals surface area (Å²) in [6.45, 7) is 1.29. The Morgan fingerprint density at radius 3 is 2.38 bits per heavy atom. The Labute approximate surface area is 89.2 Å². The molecule has 0 aliphatic heterocycles. The van der Waals surface area contributed by atoms with Gasteiger partial charge in [-0.3, -0.25) is 9.59 Å². The Morgan fingerprint density at radius 2 is 2.08 bits per heavy atom. The van der Waals surface area contributed by atoms with E-state index in [1.165, 1.54) is 6.92 Å². The number of carbonyl (C=O) groups excluding carboxylic acids is 3. The molecule has 0 aromatic heterocycles. The van der Waals surface area contributed by atoms with Crippen LogP contribution in [0.3, 0.4) is 0 Å². The van der Waals surface area contributed by atoms with Crippen molar-refractivity contribution in [2.75, 3.05) is 0 Å². The number of nitrogens with one attached hydrogen (secondary N) is 1. The van der Waals surface area contributed by atoms with Crippen LogP contribution in [0.25, 0.3) is 0 Å². The SMILES string of the molecule is CC(=O)N[C@H]([C-]=O)CCC(N)=O.[Zn]. The first-order chi connectivity index (χ1) is 5.56. The molecule has 0 saturated heterocycles. The summed E-state index contributed by atoms with van der Waals surface area (Å²) in [4.78, 5) is 30.9. The number of nitrogens with two attached hydrogens (primary N) is 1. The minimum atomic E-state index is -0.727. The van der Waals surface area contributed by atoms with Crippen LogP contribution in [0, 0.1) is 0 Å². The summed E-state index contributed by atoms with van der Waals surface area (Å²) < 4.78 is 0. The molecule has 0 bridgehead atoms. The number of primary amides is 1. The summed E-state index contributed by atoms with van der Waals surface area (Å²) in [5.74, 6) is -0.826. The van der Waals surface area contributed by atoms with Gasteiger partial charge >= 0.3 is 0 Å². The van der Waals surface area contributed by atoms with E-state index >= 15 is 0 Å². The van der Waals surface area contributed by atoms with Gasteiger partial charge in [0, 0.05) is 32.8 Å². The molecule has 0 radical (unpaired) electrons. The van der Waals surface area contributed by atoms with Crippen molar-refractivity contribution in [2.24, 2.45) is 5.73 Å². The van der Waals surface area contributed by atoms with Crippen LogP contribution in [0.4, 0.5) is 0 Å². The molecule has 0 aliphatic carbocycles. The summed E-state index contributed by atoms with van der Waals surface area (Å²) >= 11 is 0. The van der Waals surface area contributed by atoms with Crippen molar-refractivity contribution < 1.29 is 33.9 Å². The average Bonchev–Trinajstić information content (AvgIpc) is 1.97. The van der Waals surface area contributed by atoms with E-state index < -0.39 is 11.9 Å². The van der Waals surface area contributed by atoms with E-state index in [4.69, 9.17) is 5.73 Å². The van der Waals surface area contributed by atoms with E-state index in [1.54, 1.807) is 6.29 Å². The van der Waals surface area contributed by atoms with Gasteiger partial charge in [-0.2, -0.15) is 0 Å². The summed E-state index contributed by atoms with van der Waals surface area (Å²) in [6.07, 6.45) is 1.88. The van der Waals surface area contributed by atoms with Crippen LogP contribution >= 0.6 is 0 Å². The standard InChI is InChI=1S/C7H11N2O3.Zn/c1-5(11)9-6(4-10)2-3-7(8)12;/h6H,2-3H2,1H3,(H2,8,12)(H,9,11);/q-1;/t6-;/m0./s1. The van der Waals surface area contributed by atoms with Gasteiger partial charge in [0.1, 0.15) is 0 Å². The minimum Gasteiger partial charge on any atom is -0.540 e. The second-order valence-electron chi connectivity index (χ2n) is 2.38. The van der Waals surface area contributed by atoms with Crippen molar-refractivity contribution in [1.29, 1.82) is 0 Å². The maximum atomic E-state index is 10.5. The van der Waals surface area contributed by atoms with E-state index in [0.717, 1.165) is 0 Å². The third-order valence-corrected chi connectivity index (χ3v) is 1.20. The van der Waals surface area contributed by atoms with Crippen LogP contribution in [0.15, 0.2) is 0 Å². The molecule has 13 heavy (non-hydrogen) atoms. The number of rotatable bonds is 5. The molecular formula is C7H11N2O3Zn-. The normalized spacial score (nSPS) is 10.8. The second-order valence-corrected chi connectivity index (χ2v) is 2.38. The van der Waals surface area contributed by atoms with Crippen LogP contribution in [-0.2, 0) is 33.9 Å². The monoisotopic (exact) mass is 235 g/mol. The number of hydrogen-bond donors (Lipinski definition) is 2. The van der Waals surface area contributed by atoms with Crippen molar-refractivity contribution in [3.8, 4) is 0 Å². The zero-order valence-corrected chi connectivity index (χ0v) is 10.5. The molecule has 0 aromatic carbocycles. The fourth-order valence-electron chi connectivity index (χ4n) is 0.693. The molecule has 0 saturated carbocycles. The van der Waals surface area contributed by atoms with Gasteiger partial charge in [-0.15, -0.1) is 0 Å². The third-order valence-electron chi connectivity index (χ3n) is 1.20. The van der Waals surface area contributed by atoms with Gasteiger partial charge < -0.3 is 15.8 Å². The fourth-order valence-corrected chi connectivity index (χ4v) is 0.693. The molecular weight excluding hydrogens is 225 g/mol. The zero-order chi connectivity index (χ0) is 9.56. The van der Waals surface area contributed by atoms with Crippen LogP contribution in [0.2, 0.25) is 0 Å². The van der Waals surface area contributed by atoms with E-state index in [2.05, 4.69) is 5.32 Å². The fraction of sp³-hybridized carbons (Fsp3) is 0.571. The molecule has 5 nitrogen and oxygen atoms in total. The summed E-state index contributed by atoms with van der Waals surface area (Å²) in [6, 6.07) is -0.727. The maximum Gasteiger partial charge on any atom is 0.217 e. The first kappa shape index (κ1) is 14.7. The van der Waals surface area contributed by atoms with E-state index in [-0.39, 0.29) is 38.2 Å². The van der Waals surface area contributed by atoms with Gasteiger partial charge in [0.05, 0.1) is 0 Å². The van der Waals surface area contributed by atoms with E-state index in [0.29, 0.717) is 0 Å². The van der Waals surface area contributed by atoms with E-state index in [9.17, 15) is 14.4 Å². The first-order valence-electron chi connectivity index (χ1n) is 3.49. The number of hydrogen-bond acceptors (Lipinski definition) is 3. The maximum absolute atomic E-state index is 10.5. The van der Waals surface area contributed by atoms with Gasteiger partial charge in [0.15, 0.2) is 0 Å². The first-order valence-corrected chi connectivity index (χ1v) is 3.49. The summed E-state index contributed by atoms with van der Waals surface area (Å²) in [5.41, 5.74) is 4.84. The van der Waals surface area contributed by atoms with Crippen LogP contribution in [0.1, 0.15) is 19.8 Å². The van der Waals surface area contributed by atoms with Gasteiger partial charge in [-0.05, 0) is 6.42 Å². The molecule has 0 unspecified atom stereocenters. The van der Waals surface area contributed by atoms with Crippen LogP contribution in [-0.4, -0.2) is 24.1 Å². The molecule has 6 heteroatoms. The summed E-state index contributed by atoms with van der Waals surface area (Å²) in [5, 5.41) is 2.31. The van der Waals surface area contributed by atoms with Crippen molar-refractivity contribution in [3.05, 3.63) is 0 Å². The predicted octanol–water partition coefficient (Wildman–Crippen LogP) is -1.14. The number of carbonyl (C=O) groups is 2. The molecule has 1 atom stereocenters. The summed E-state index contributed by atoms with van der Waals surface area (Å²) in [7, 11) is 0. The third kappa shape index (κ3) is 9.15. The molecule has 70 valence electrons. The molecule has 0 heterocycles. The zero-order valence-electron chi connectivity index (χ0n) is 7.50. The molecule has 0 spiro atoms. The molecule has 3 N–H and O–H groups in total. The smallest absolute Gasteiger partial charge is 0.217 e. The Balaban J connectivity index is 0. The Morgan fingerprint density at radius 1 is 1.54 bits per heavy atom. The Hall–Kier alpha value is -0.767. The molecule has 2 amide bonds. The molecule has 0 fully saturated rings. The molecule has 0 rings (SSSR count). The molecule has 0 aliphatic rings. The molecule has 0 aromatic rings. The van der Waals surface area contributed by atoms with Gasteiger partial charge in [-0.25, -0.2) is 6.29 Å². The van der Waals surface area contributed by atoms with Gasteiger partial charge in [0.25, 0.3) is 0 Å². The predicted molar refractivity (Wildman–Crippen MR) is 41.7 cm³/mol. The Bertz CT molecular complexity index is 196. The van der Waals surface area contributed by atoms with Crippen LogP contribution < -0.4 is 11.1 Å². The van der Waals surface area contributed by atoms with Gasteiger partial charge in [-0.1, -0.05) is 6.04 Å². The number of amides is 2. The quantitative estimate of drug-likeness (QED) is 0.467. The van der Waals surface area contributed by atoms with Crippen molar-refractivity contribution in [2.45, 2.75) is 25.8 Å². The van der Waals surface area contributed by atoms with Crippen LogP contribution in [0.5, 0.6) is 0 Å². The van der Waals surface area contributed by atoms with Crippen molar-refractivity contribution >= 4 is 18.1 Å². The largest absolute Gasteiger partial charge is 0.540 e. The topological polar surface area (TPSA) is 89.3 Å². The van der Waals surface area contributed by atoms with E-state index in [1.807, 2.05) is 0 Å². The van der Waals surface area contributed by atoms with Crippen molar-refractivity contribution in [1.82, 2.24) is 5.32 Å². The van der Waals surface area contributed by atoms with Gasteiger partial charge in [0.2, 0.25) is 11.8 Å². The minimum absolute atomic E-state index is 0. The average molecular weight is 237 g/mol. The van der Waals surface area contributed by atoms with Crippen molar-refractivity contribution in [3.63, 3.8) is 0 Å². The second kappa shape index (κ2) is 7.86.